The van der Waals surface area contributed by atoms with Crippen molar-refractivity contribution in [3.8, 4) is 22.8 Å². The number of nitrogens with one attached hydrogen (secondary N) is 2. The van der Waals surface area contributed by atoms with Crippen molar-refractivity contribution < 1.29 is 32.9 Å². The van der Waals surface area contributed by atoms with Crippen LogP contribution in [0, 0.1) is 0 Å². The van der Waals surface area contributed by atoms with Crippen molar-refractivity contribution in [2.24, 2.45) is 0 Å². The first-order valence-electron chi connectivity index (χ1n) is 17.3. The van der Waals surface area contributed by atoms with Crippen LogP contribution in [0.2, 0.25) is 0 Å². The summed E-state index contributed by atoms with van der Waals surface area (Å²) in [6, 6.07) is 32.7. The number of carbonyl (C=O) groups is 2. The zero-order chi connectivity index (χ0) is 36.4. The molecule has 4 atom stereocenters. The third-order valence-corrected chi connectivity index (χ3v) is 9.24. The number of pyridine rings is 4. The highest BCUT2D eigenvalue weighted by molar-refractivity contribution is 6.62. The first-order chi connectivity index (χ1) is 26.5. The summed E-state index contributed by atoms with van der Waals surface area (Å²) in [6.45, 7) is 0.250. The van der Waals surface area contributed by atoms with Crippen molar-refractivity contribution in [1.82, 2.24) is 19.9 Å². The van der Waals surface area contributed by atoms with E-state index in [1.54, 1.807) is 54.9 Å². The molecule has 0 spiro atoms. The number of rotatable bonds is 8. The summed E-state index contributed by atoms with van der Waals surface area (Å²) >= 11 is 0. The maximum Gasteiger partial charge on any atom is 0.496 e. The lowest BCUT2D eigenvalue weighted by molar-refractivity contribution is -0.177. The van der Waals surface area contributed by atoms with E-state index in [-0.39, 0.29) is 18.4 Å². The molecule has 7 heterocycles. The van der Waals surface area contributed by atoms with E-state index in [9.17, 15) is 9.59 Å². The number of anilines is 2. The standard InChI is InChI=1S/C39H30B2N6O7/c48-37(24-13-15-32(44-21-24)30-11-1-3-17-42-30)46-28-9-5-7-26(19-28)40-51-34-23-50-39-36(35(34)52-40)53-41(54-39)27-8-6-10-29(20-27)47-38(49)25-14-16-33(45-22-25)31-12-2-4-18-43-31/h1-22,34-36,39H,23H2,(H,46,48)(H,47,49)/t34-,35-,36+,39-/m0/s1. The highest BCUT2D eigenvalue weighted by Crippen LogP contribution is 2.34. The van der Waals surface area contributed by atoms with Crippen LogP contribution < -0.4 is 21.6 Å². The van der Waals surface area contributed by atoms with Gasteiger partial charge < -0.3 is 34.0 Å². The predicted octanol–water partition coefficient (Wildman–Crippen LogP) is 3.75. The number of hydrogen-bond acceptors (Lipinski definition) is 11. The van der Waals surface area contributed by atoms with E-state index in [2.05, 4.69) is 30.6 Å². The Morgan fingerprint density at radius 1 is 0.556 bits per heavy atom. The van der Waals surface area contributed by atoms with E-state index in [1.807, 2.05) is 66.7 Å². The Morgan fingerprint density at radius 2 is 1.09 bits per heavy atom. The SMILES string of the molecule is O=C(Nc1cccc(B2O[C@@H]3OC[C@@H]4OB(c5cccc(NC(=O)c6ccc(-c7ccccn7)nc6)c5)O[C@@H]4[C@H]3O2)c1)c1ccc(-c2ccccn2)nc1. The molecule has 3 aliphatic heterocycles. The number of hydrogen-bond donors (Lipinski definition) is 2. The second kappa shape index (κ2) is 14.7. The van der Waals surface area contributed by atoms with Crippen molar-refractivity contribution >= 4 is 48.4 Å². The van der Waals surface area contributed by atoms with Crippen molar-refractivity contribution in [2.45, 2.75) is 24.6 Å². The molecule has 2 aromatic carbocycles. The molecule has 3 aliphatic rings. The van der Waals surface area contributed by atoms with Gasteiger partial charge in [-0.3, -0.25) is 29.5 Å². The lowest BCUT2D eigenvalue weighted by atomic mass is 9.79. The molecule has 2 amide bonds. The summed E-state index contributed by atoms with van der Waals surface area (Å²) in [5.41, 5.74) is 6.19. The molecule has 0 radical (unpaired) electrons. The van der Waals surface area contributed by atoms with Crippen LogP contribution in [0.1, 0.15) is 20.7 Å². The largest absolute Gasteiger partial charge is 0.496 e. The Bertz CT molecular complexity index is 2130. The molecule has 0 bridgehead atoms. The molecular formula is C39H30B2N6O7. The highest BCUT2D eigenvalue weighted by Gasteiger charge is 2.56. The molecule has 4 aromatic heterocycles. The van der Waals surface area contributed by atoms with Crippen molar-refractivity contribution in [3.05, 3.63) is 145 Å². The van der Waals surface area contributed by atoms with E-state index in [0.717, 1.165) is 16.9 Å². The zero-order valence-corrected chi connectivity index (χ0v) is 28.5. The minimum atomic E-state index is -0.761. The topological polar surface area (TPSA) is 156 Å². The van der Waals surface area contributed by atoms with Gasteiger partial charge in [0.2, 0.25) is 0 Å². The predicted molar refractivity (Wildman–Crippen MR) is 200 cm³/mol. The minimum absolute atomic E-state index is 0.250. The Morgan fingerprint density at radius 3 is 1.61 bits per heavy atom. The molecule has 3 fully saturated rings. The Balaban J connectivity index is 0.824. The van der Waals surface area contributed by atoms with Gasteiger partial charge in [0.25, 0.3) is 11.8 Å². The highest BCUT2D eigenvalue weighted by atomic mass is 16.8. The minimum Gasteiger partial charge on any atom is -0.399 e. The smallest absolute Gasteiger partial charge is 0.399 e. The van der Waals surface area contributed by atoms with Crippen molar-refractivity contribution in [2.75, 3.05) is 17.2 Å². The lowest BCUT2D eigenvalue weighted by Gasteiger charge is -2.32. The fraction of sp³-hybridized carbons (Fsp3) is 0.128. The van der Waals surface area contributed by atoms with Gasteiger partial charge in [-0.2, -0.15) is 0 Å². The van der Waals surface area contributed by atoms with E-state index < -0.39 is 38.8 Å². The molecule has 15 heteroatoms. The molecule has 0 unspecified atom stereocenters. The van der Waals surface area contributed by atoms with Gasteiger partial charge in [0.05, 0.1) is 52.7 Å². The van der Waals surface area contributed by atoms with Gasteiger partial charge in [-0.1, -0.05) is 36.4 Å². The monoisotopic (exact) mass is 716 g/mol. The van der Waals surface area contributed by atoms with Gasteiger partial charge in [0.15, 0.2) is 6.29 Å². The quantitative estimate of drug-likeness (QED) is 0.221. The Hall–Kier alpha value is -6.09. The normalized spacial score (nSPS) is 20.2. The van der Waals surface area contributed by atoms with Crippen LogP contribution in [0.15, 0.2) is 134 Å². The number of ether oxygens (including phenoxy) is 1. The molecule has 264 valence electrons. The van der Waals surface area contributed by atoms with Gasteiger partial charge in [-0.25, -0.2) is 0 Å². The van der Waals surface area contributed by atoms with Gasteiger partial charge in [-0.15, -0.1) is 0 Å². The van der Waals surface area contributed by atoms with Gasteiger partial charge >= 0.3 is 14.2 Å². The molecule has 2 N–H and O–H groups in total. The summed E-state index contributed by atoms with van der Waals surface area (Å²) in [5, 5.41) is 5.86. The number of fused-ring (bicyclic) bond motifs is 3. The van der Waals surface area contributed by atoms with Gasteiger partial charge in [0.1, 0.15) is 6.10 Å². The van der Waals surface area contributed by atoms with Crippen LogP contribution in [-0.4, -0.2) is 77.2 Å². The fourth-order valence-electron chi connectivity index (χ4n) is 6.55. The molecule has 54 heavy (non-hydrogen) atoms. The molecule has 6 aromatic rings. The second-order valence-electron chi connectivity index (χ2n) is 12.8. The maximum atomic E-state index is 13.1. The summed E-state index contributed by atoms with van der Waals surface area (Å²) in [5.74, 6) is -0.609. The molecule has 13 nitrogen and oxygen atoms in total. The average molecular weight is 716 g/mol. The average Bonchev–Trinajstić information content (AvgIpc) is 3.87. The van der Waals surface area contributed by atoms with E-state index in [1.165, 1.54) is 12.4 Å². The maximum absolute atomic E-state index is 13.1. The zero-order valence-electron chi connectivity index (χ0n) is 28.5. The van der Waals surface area contributed by atoms with E-state index in [4.69, 9.17) is 23.4 Å². The number of aromatic nitrogens is 4. The summed E-state index contributed by atoms with van der Waals surface area (Å²) < 4.78 is 31.2. The fourth-order valence-corrected chi connectivity index (χ4v) is 6.55. The number of carbonyl (C=O) groups excluding carboxylic acids is 2. The van der Waals surface area contributed by atoms with E-state index >= 15 is 0 Å². The first kappa shape index (κ1) is 33.7. The van der Waals surface area contributed by atoms with Crippen LogP contribution in [-0.2, 0) is 23.4 Å². The molecule has 9 rings (SSSR count). The summed E-state index contributed by atoms with van der Waals surface area (Å²) in [7, 11) is -1.48. The number of benzene rings is 2. The third-order valence-electron chi connectivity index (χ3n) is 9.24. The molecule has 0 saturated carbocycles. The third kappa shape index (κ3) is 7.01. The summed E-state index contributed by atoms with van der Waals surface area (Å²) in [6.07, 6.45) is 4.34. The second-order valence-corrected chi connectivity index (χ2v) is 12.8. The van der Waals surface area contributed by atoms with Crippen LogP contribution >= 0.6 is 0 Å². The molecule has 3 saturated heterocycles. The number of amides is 2. The van der Waals surface area contributed by atoms with Crippen LogP contribution in [0.4, 0.5) is 11.4 Å². The van der Waals surface area contributed by atoms with Crippen LogP contribution in [0.25, 0.3) is 22.8 Å². The summed E-state index contributed by atoms with van der Waals surface area (Å²) in [4.78, 5) is 43.5. The Kier molecular flexibility index (Phi) is 9.20. The van der Waals surface area contributed by atoms with Crippen LogP contribution in [0.3, 0.4) is 0 Å². The molecule has 0 aliphatic carbocycles. The number of nitrogens with zero attached hydrogens (tertiary/aromatic N) is 4. The van der Waals surface area contributed by atoms with Gasteiger partial charge in [-0.05, 0) is 83.7 Å². The van der Waals surface area contributed by atoms with Crippen molar-refractivity contribution in [1.29, 1.82) is 0 Å². The van der Waals surface area contributed by atoms with E-state index in [0.29, 0.717) is 39.4 Å². The van der Waals surface area contributed by atoms with Crippen LogP contribution in [0.5, 0.6) is 0 Å². The Labute approximate surface area is 310 Å². The van der Waals surface area contributed by atoms with Gasteiger partial charge in [0, 0.05) is 36.2 Å². The molecular weight excluding hydrogens is 686 g/mol. The lowest BCUT2D eigenvalue weighted by Crippen LogP contribution is -2.50. The first-order valence-corrected chi connectivity index (χ1v) is 17.3. The van der Waals surface area contributed by atoms with Crippen molar-refractivity contribution in [3.63, 3.8) is 0 Å².